The van der Waals surface area contributed by atoms with Crippen LogP contribution in [0.2, 0.25) is 5.02 Å². The van der Waals surface area contributed by atoms with E-state index in [1.807, 2.05) is 16.8 Å². The van der Waals surface area contributed by atoms with Gasteiger partial charge in [0.15, 0.2) is 18.1 Å². The van der Waals surface area contributed by atoms with E-state index in [-0.39, 0.29) is 23.1 Å². The molecule has 0 radical (unpaired) electrons. The Morgan fingerprint density at radius 1 is 1.32 bits per heavy atom. The van der Waals surface area contributed by atoms with Crippen molar-refractivity contribution in [2.45, 2.75) is 6.54 Å². The van der Waals surface area contributed by atoms with Crippen LogP contribution in [0.5, 0.6) is 11.5 Å². The van der Waals surface area contributed by atoms with E-state index in [1.54, 1.807) is 18.4 Å². The number of halogens is 1. The highest BCUT2D eigenvalue weighted by Crippen LogP contribution is 2.38. The van der Waals surface area contributed by atoms with Gasteiger partial charge in [-0.1, -0.05) is 11.6 Å². The molecule has 3 rings (SSSR count). The smallest absolute Gasteiger partial charge is 0.338 e. The number of amides is 1. The molecule has 2 aromatic rings. The summed E-state index contributed by atoms with van der Waals surface area (Å²) in [4.78, 5) is 25.8. The molecule has 0 saturated heterocycles. The van der Waals surface area contributed by atoms with Gasteiger partial charge in [-0.15, -0.1) is 0 Å². The number of ether oxygens (including phenoxy) is 3. The largest absolute Gasteiger partial charge is 0.486 e. The lowest BCUT2D eigenvalue weighted by atomic mass is 10.2. The van der Waals surface area contributed by atoms with Crippen molar-refractivity contribution in [3.05, 3.63) is 45.1 Å². The minimum atomic E-state index is -0.642. The summed E-state index contributed by atoms with van der Waals surface area (Å²) in [5, 5.41) is 4.18. The standard InChI is InChI=1S/C17H16ClNO5S/c1-19(8-11-2-5-25-10-11)15(20)9-24-17(21)12-6-13(18)16-14(7-12)22-3-4-23-16/h2,5-7,10H,3-4,8-9H2,1H3. The normalized spacial score (nSPS) is 12.6. The van der Waals surface area contributed by atoms with Crippen molar-refractivity contribution in [2.75, 3.05) is 26.9 Å². The van der Waals surface area contributed by atoms with Gasteiger partial charge in [-0.2, -0.15) is 11.3 Å². The van der Waals surface area contributed by atoms with Crippen molar-refractivity contribution in [1.29, 1.82) is 0 Å². The number of thiophene rings is 1. The fraction of sp³-hybridized carbons (Fsp3) is 0.294. The van der Waals surface area contributed by atoms with Crippen LogP contribution in [0.25, 0.3) is 0 Å². The van der Waals surface area contributed by atoms with Gasteiger partial charge in [0.25, 0.3) is 5.91 Å². The number of rotatable bonds is 5. The topological polar surface area (TPSA) is 65.1 Å². The molecule has 6 nitrogen and oxygen atoms in total. The Labute approximate surface area is 153 Å². The third kappa shape index (κ3) is 4.24. The molecule has 2 heterocycles. The summed E-state index contributed by atoms with van der Waals surface area (Å²) in [6.45, 7) is 0.913. The highest BCUT2D eigenvalue weighted by Gasteiger charge is 2.21. The van der Waals surface area contributed by atoms with Gasteiger partial charge in [0.2, 0.25) is 0 Å². The zero-order valence-electron chi connectivity index (χ0n) is 13.5. The maximum atomic E-state index is 12.2. The minimum Gasteiger partial charge on any atom is -0.486 e. The third-order valence-corrected chi connectivity index (χ3v) is 4.60. The van der Waals surface area contributed by atoms with E-state index in [4.69, 9.17) is 25.8 Å². The Morgan fingerprint density at radius 3 is 2.88 bits per heavy atom. The van der Waals surface area contributed by atoms with Gasteiger partial charge in [-0.3, -0.25) is 4.79 Å². The van der Waals surface area contributed by atoms with Crippen LogP contribution in [-0.2, 0) is 16.1 Å². The Kier molecular flexibility index (Phi) is 5.45. The van der Waals surface area contributed by atoms with E-state index in [0.29, 0.717) is 31.3 Å². The van der Waals surface area contributed by atoms with Crippen LogP contribution >= 0.6 is 22.9 Å². The average molecular weight is 382 g/mol. The number of hydrogen-bond acceptors (Lipinski definition) is 6. The fourth-order valence-corrected chi connectivity index (χ4v) is 3.22. The van der Waals surface area contributed by atoms with Gasteiger partial charge >= 0.3 is 5.97 Å². The summed E-state index contributed by atoms with van der Waals surface area (Å²) in [6.07, 6.45) is 0. The van der Waals surface area contributed by atoms with E-state index in [9.17, 15) is 9.59 Å². The van der Waals surface area contributed by atoms with Gasteiger partial charge < -0.3 is 19.1 Å². The van der Waals surface area contributed by atoms with Gasteiger partial charge in [-0.05, 0) is 34.5 Å². The quantitative estimate of drug-likeness (QED) is 0.745. The Balaban J connectivity index is 1.59. The van der Waals surface area contributed by atoms with E-state index in [0.717, 1.165) is 5.56 Å². The predicted octanol–water partition coefficient (Wildman–Crippen LogP) is 2.99. The lowest BCUT2D eigenvalue weighted by Crippen LogP contribution is -2.30. The third-order valence-electron chi connectivity index (χ3n) is 3.58. The van der Waals surface area contributed by atoms with Crippen LogP contribution in [-0.4, -0.2) is 43.6 Å². The molecule has 132 valence electrons. The Hall–Kier alpha value is -2.25. The molecule has 1 aliphatic heterocycles. The lowest BCUT2D eigenvalue weighted by molar-refractivity contribution is -0.133. The van der Waals surface area contributed by atoms with Crippen molar-refractivity contribution < 1.29 is 23.8 Å². The van der Waals surface area contributed by atoms with Crippen LogP contribution in [0.4, 0.5) is 0 Å². The number of benzene rings is 1. The lowest BCUT2D eigenvalue weighted by Gasteiger charge is -2.20. The van der Waals surface area contributed by atoms with Crippen LogP contribution < -0.4 is 9.47 Å². The molecule has 0 fully saturated rings. The molecule has 25 heavy (non-hydrogen) atoms. The predicted molar refractivity (Wildman–Crippen MR) is 93.5 cm³/mol. The zero-order valence-corrected chi connectivity index (χ0v) is 15.1. The van der Waals surface area contributed by atoms with Crippen LogP contribution in [0.1, 0.15) is 15.9 Å². The van der Waals surface area contributed by atoms with Crippen molar-refractivity contribution in [3.8, 4) is 11.5 Å². The van der Waals surface area contributed by atoms with Crippen molar-refractivity contribution in [3.63, 3.8) is 0 Å². The molecule has 0 aliphatic carbocycles. The highest BCUT2D eigenvalue weighted by molar-refractivity contribution is 7.07. The van der Waals surface area contributed by atoms with E-state index < -0.39 is 5.97 Å². The second-order valence-corrected chi connectivity index (χ2v) is 6.63. The molecule has 1 aliphatic rings. The Morgan fingerprint density at radius 2 is 2.12 bits per heavy atom. The number of hydrogen-bond donors (Lipinski definition) is 0. The van der Waals surface area contributed by atoms with Gasteiger partial charge in [0, 0.05) is 13.6 Å². The molecule has 0 unspecified atom stereocenters. The number of esters is 1. The molecule has 0 spiro atoms. The highest BCUT2D eigenvalue weighted by atomic mass is 35.5. The summed E-state index contributed by atoms with van der Waals surface area (Å²) in [6, 6.07) is 4.89. The minimum absolute atomic E-state index is 0.211. The number of likely N-dealkylation sites (N-methyl/N-ethyl adjacent to an activating group) is 1. The fourth-order valence-electron chi connectivity index (χ4n) is 2.29. The van der Waals surface area contributed by atoms with E-state index in [1.165, 1.54) is 17.0 Å². The first-order valence-corrected chi connectivity index (χ1v) is 8.88. The van der Waals surface area contributed by atoms with Crippen molar-refractivity contribution in [2.24, 2.45) is 0 Å². The van der Waals surface area contributed by atoms with Gasteiger partial charge in [0.1, 0.15) is 13.2 Å². The average Bonchev–Trinajstić information content (AvgIpc) is 3.12. The van der Waals surface area contributed by atoms with Crippen molar-refractivity contribution in [1.82, 2.24) is 4.90 Å². The molecule has 0 N–H and O–H groups in total. The molecule has 1 amide bonds. The molecule has 0 bridgehead atoms. The number of fused-ring (bicyclic) bond motifs is 1. The summed E-state index contributed by atoms with van der Waals surface area (Å²) in [5.41, 5.74) is 1.24. The van der Waals surface area contributed by atoms with Gasteiger partial charge in [-0.25, -0.2) is 4.79 Å². The Bertz CT molecular complexity index is 778. The first-order chi connectivity index (χ1) is 12.0. The first kappa shape index (κ1) is 17.6. The van der Waals surface area contributed by atoms with E-state index >= 15 is 0 Å². The summed E-state index contributed by atoms with van der Waals surface area (Å²) in [7, 11) is 1.66. The molecule has 0 saturated carbocycles. The second-order valence-electron chi connectivity index (χ2n) is 5.44. The van der Waals surface area contributed by atoms with Gasteiger partial charge in [0.05, 0.1) is 10.6 Å². The van der Waals surface area contributed by atoms with Crippen LogP contribution in [0.15, 0.2) is 29.0 Å². The van der Waals surface area contributed by atoms with Crippen molar-refractivity contribution >= 4 is 34.8 Å². The molecular weight excluding hydrogens is 366 g/mol. The molecule has 1 aromatic carbocycles. The number of carbonyl (C=O) groups excluding carboxylic acids is 2. The molecule has 8 heteroatoms. The molecule has 0 atom stereocenters. The maximum Gasteiger partial charge on any atom is 0.338 e. The van der Waals surface area contributed by atoms with E-state index in [2.05, 4.69) is 0 Å². The van der Waals surface area contributed by atoms with Crippen LogP contribution in [0, 0.1) is 0 Å². The zero-order chi connectivity index (χ0) is 17.8. The maximum absolute atomic E-state index is 12.2. The summed E-state index contributed by atoms with van der Waals surface area (Å²) in [5.74, 6) is -0.123. The first-order valence-electron chi connectivity index (χ1n) is 7.56. The SMILES string of the molecule is CN(Cc1ccsc1)C(=O)COC(=O)c1cc(Cl)c2c(c1)OCCO2. The molecular formula is C17H16ClNO5S. The number of carbonyl (C=O) groups is 2. The summed E-state index contributed by atoms with van der Waals surface area (Å²) < 4.78 is 15.9. The monoisotopic (exact) mass is 381 g/mol. The summed E-state index contributed by atoms with van der Waals surface area (Å²) >= 11 is 7.66. The molecule has 1 aromatic heterocycles. The van der Waals surface area contributed by atoms with Crippen LogP contribution in [0.3, 0.4) is 0 Å². The number of nitrogens with zero attached hydrogens (tertiary/aromatic N) is 1. The second kappa shape index (κ2) is 7.76.